The van der Waals surface area contributed by atoms with Gasteiger partial charge in [-0.1, -0.05) is 24.3 Å². The minimum Gasteiger partial charge on any atom is -0.352 e. The number of benzene rings is 2. The van der Waals surface area contributed by atoms with Crippen LogP contribution in [0.1, 0.15) is 15.9 Å². The van der Waals surface area contributed by atoms with Crippen molar-refractivity contribution in [3.63, 3.8) is 0 Å². The van der Waals surface area contributed by atoms with Gasteiger partial charge >= 0.3 is 0 Å². The van der Waals surface area contributed by atoms with Crippen LogP contribution in [0.15, 0.2) is 67.3 Å². The van der Waals surface area contributed by atoms with Crippen molar-refractivity contribution in [2.45, 2.75) is 6.42 Å². The first-order valence-corrected chi connectivity index (χ1v) is 9.09. The number of nitrogens with one attached hydrogen (secondary N) is 1. The van der Waals surface area contributed by atoms with Gasteiger partial charge in [-0.05, 0) is 36.2 Å². The number of nitrogens with zero attached hydrogens (tertiary/aromatic N) is 3. The summed E-state index contributed by atoms with van der Waals surface area (Å²) in [7, 11) is 0. The molecule has 4 aromatic rings. The van der Waals surface area contributed by atoms with Crippen molar-refractivity contribution in [2.24, 2.45) is 0 Å². The molecule has 1 N–H and O–H groups in total. The fourth-order valence-electron chi connectivity index (χ4n) is 2.64. The summed E-state index contributed by atoms with van der Waals surface area (Å²) < 4.78 is 1.16. The Hall–Kier alpha value is -3.12. The van der Waals surface area contributed by atoms with Crippen LogP contribution in [0.4, 0.5) is 0 Å². The minimum absolute atomic E-state index is 0.0855. The fourth-order valence-corrected chi connectivity index (χ4v) is 3.61. The molecule has 0 saturated carbocycles. The Morgan fingerprint density at radius 2 is 1.77 bits per heavy atom. The maximum absolute atomic E-state index is 12.3. The summed E-state index contributed by atoms with van der Waals surface area (Å²) in [5.74, 6) is -0.0855. The van der Waals surface area contributed by atoms with Crippen LogP contribution in [0, 0.1) is 0 Å². The van der Waals surface area contributed by atoms with E-state index in [-0.39, 0.29) is 5.91 Å². The Kier molecular flexibility index (Phi) is 4.66. The molecule has 2 heterocycles. The van der Waals surface area contributed by atoms with Crippen molar-refractivity contribution in [2.75, 3.05) is 6.54 Å². The molecule has 128 valence electrons. The van der Waals surface area contributed by atoms with Crippen LogP contribution in [0.2, 0.25) is 0 Å². The third-order valence-electron chi connectivity index (χ3n) is 4.00. The van der Waals surface area contributed by atoms with E-state index in [2.05, 4.69) is 26.3 Å². The number of carbonyl (C=O) groups excluding carboxylic acids is 1. The van der Waals surface area contributed by atoms with Crippen molar-refractivity contribution >= 4 is 27.5 Å². The lowest BCUT2D eigenvalue weighted by atomic mass is 10.1. The molecule has 1 amide bonds. The first-order valence-electron chi connectivity index (χ1n) is 8.28. The number of rotatable bonds is 5. The summed E-state index contributed by atoms with van der Waals surface area (Å²) in [6.07, 6.45) is 5.71. The van der Waals surface area contributed by atoms with Gasteiger partial charge in [0.1, 0.15) is 11.3 Å². The Bertz CT molecular complexity index is 996. The lowest BCUT2D eigenvalue weighted by molar-refractivity contribution is 0.0954. The first-order chi connectivity index (χ1) is 12.8. The summed E-state index contributed by atoms with van der Waals surface area (Å²) in [4.78, 5) is 24.8. The number of fused-ring (bicyclic) bond motifs is 1. The summed E-state index contributed by atoms with van der Waals surface area (Å²) in [5.41, 5.74) is 3.65. The highest BCUT2D eigenvalue weighted by molar-refractivity contribution is 7.21. The van der Waals surface area contributed by atoms with Gasteiger partial charge in [0.25, 0.3) is 5.91 Å². The average Bonchev–Trinajstić information content (AvgIpc) is 3.13. The van der Waals surface area contributed by atoms with Crippen LogP contribution in [-0.4, -0.2) is 27.4 Å². The predicted octanol–water partition coefficient (Wildman–Crippen LogP) is 3.73. The predicted molar refractivity (Wildman–Crippen MR) is 103 cm³/mol. The number of carbonyl (C=O) groups is 1. The lowest BCUT2D eigenvalue weighted by Crippen LogP contribution is -2.25. The summed E-state index contributed by atoms with van der Waals surface area (Å²) in [6, 6.07) is 15.6. The van der Waals surface area contributed by atoms with E-state index >= 15 is 0 Å². The van der Waals surface area contributed by atoms with Gasteiger partial charge in [-0.2, -0.15) is 0 Å². The third kappa shape index (κ3) is 3.60. The van der Waals surface area contributed by atoms with Crippen molar-refractivity contribution in [3.8, 4) is 10.6 Å². The van der Waals surface area contributed by atoms with Gasteiger partial charge in [0.15, 0.2) is 0 Å². The van der Waals surface area contributed by atoms with Gasteiger partial charge in [-0.25, -0.2) is 15.0 Å². The van der Waals surface area contributed by atoms with E-state index in [0.29, 0.717) is 18.5 Å². The highest BCUT2D eigenvalue weighted by Gasteiger charge is 2.08. The maximum atomic E-state index is 12.3. The Labute approximate surface area is 154 Å². The zero-order valence-corrected chi connectivity index (χ0v) is 14.7. The smallest absolute Gasteiger partial charge is 0.251 e. The molecular weight excluding hydrogens is 344 g/mol. The molecule has 0 spiro atoms. The summed E-state index contributed by atoms with van der Waals surface area (Å²) in [5, 5.41) is 3.88. The van der Waals surface area contributed by atoms with Crippen LogP contribution in [0.3, 0.4) is 0 Å². The van der Waals surface area contributed by atoms with E-state index in [1.165, 1.54) is 6.33 Å². The molecule has 0 aliphatic carbocycles. The molecule has 5 nitrogen and oxygen atoms in total. The summed E-state index contributed by atoms with van der Waals surface area (Å²) in [6.45, 7) is 0.547. The van der Waals surface area contributed by atoms with Crippen LogP contribution in [0.25, 0.3) is 20.8 Å². The largest absolute Gasteiger partial charge is 0.352 e. The Morgan fingerprint density at radius 3 is 2.54 bits per heavy atom. The molecule has 0 bridgehead atoms. The quantitative estimate of drug-likeness (QED) is 0.589. The van der Waals surface area contributed by atoms with E-state index in [4.69, 9.17) is 0 Å². The third-order valence-corrected chi connectivity index (χ3v) is 5.09. The number of hydrogen-bond donors (Lipinski definition) is 1. The zero-order chi connectivity index (χ0) is 17.8. The highest BCUT2D eigenvalue weighted by Crippen LogP contribution is 2.29. The first kappa shape index (κ1) is 16.4. The van der Waals surface area contributed by atoms with Crippen molar-refractivity contribution in [1.29, 1.82) is 0 Å². The van der Waals surface area contributed by atoms with E-state index in [9.17, 15) is 4.79 Å². The number of hydrogen-bond acceptors (Lipinski definition) is 5. The normalized spacial score (nSPS) is 10.8. The van der Waals surface area contributed by atoms with E-state index in [1.807, 2.05) is 42.5 Å². The average molecular weight is 360 g/mol. The number of aromatic nitrogens is 3. The lowest BCUT2D eigenvalue weighted by Gasteiger charge is -2.05. The van der Waals surface area contributed by atoms with Crippen molar-refractivity contribution in [3.05, 3.63) is 78.4 Å². The van der Waals surface area contributed by atoms with E-state index in [1.54, 1.807) is 23.7 Å². The van der Waals surface area contributed by atoms with Crippen molar-refractivity contribution in [1.82, 2.24) is 20.3 Å². The van der Waals surface area contributed by atoms with Gasteiger partial charge in [-0.3, -0.25) is 4.79 Å². The number of para-hydroxylation sites is 1. The zero-order valence-electron chi connectivity index (χ0n) is 13.9. The highest BCUT2D eigenvalue weighted by atomic mass is 32.1. The molecule has 4 rings (SSSR count). The molecule has 0 fully saturated rings. The molecule has 0 aliphatic heterocycles. The maximum Gasteiger partial charge on any atom is 0.251 e. The van der Waals surface area contributed by atoms with Gasteiger partial charge in [-0.15, -0.1) is 11.3 Å². The molecule has 0 atom stereocenters. The van der Waals surface area contributed by atoms with Gasteiger partial charge in [0.2, 0.25) is 0 Å². The van der Waals surface area contributed by atoms with Crippen molar-refractivity contribution < 1.29 is 4.79 Å². The summed E-state index contributed by atoms with van der Waals surface area (Å²) >= 11 is 1.65. The van der Waals surface area contributed by atoms with Gasteiger partial charge < -0.3 is 5.32 Å². The molecule has 0 saturated heterocycles. The topological polar surface area (TPSA) is 67.8 Å². The number of amides is 1. The van der Waals surface area contributed by atoms with Crippen LogP contribution < -0.4 is 5.32 Å². The molecular formula is C20H16N4OS. The molecule has 26 heavy (non-hydrogen) atoms. The van der Waals surface area contributed by atoms with Gasteiger partial charge in [0.05, 0.1) is 10.2 Å². The standard InChI is InChI=1S/C20H16N4OS/c25-19(23-10-9-14-11-21-13-22-12-14)15-5-7-16(8-6-15)20-24-17-3-1-2-4-18(17)26-20/h1-8,11-13H,9-10H2,(H,23,25). The molecule has 2 aromatic carbocycles. The number of thiazole rings is 1. The van der Waals surface area contributed by atoms with Gasteiger partial charge in [0, 0.05) is 30.1 Å². The SMILES string of the molecule is O=C(NCCc1cncnc1)c1ccc(-c2nc3ccccc3s2)cc1. The molecule has 0 radical (unpaired) electrons. The van der Waals surface area contributed by atoms with E-state index < -0.39 is 0 Å². The second-order valence-corrected chi connectivity index (χ2v) is 6.85. The van der Waals surface area contributed by atoms with E-state index in [0.717, 1.165) is 26.4 Å². The fraction of sp³-hybridized carbons (Fsp3) is 0.100. The van der Waals surface area contributed by atoms with Crippen LogP contribution in [-0.2, 0) is 6.42 Å². The minimum atomic E-state index is -0.0855. The second-order valence-electron chi connectivity index (χ2n) is 5.82. The molecule has 0 aliphatic rings. The molecule has 0 unspecified atom stereocenters. The monoisotopic (exact) mass is 360 g/mol. The Morgan fingerprint density at radius 1 is 1.00 bits per heavy atom. The molecule has 6 heteroatoms. The second kappa shape index (κ2) is 7.41. The van der Waals surface area contributed by atoms with Crippen LogP contribution >= 0.6 is 11.3 Å². The molecule has 2 aromatic heterocycles. The van der Waals surface area contributed by atoms with Crippen LogP contribution in [0.5, 0.6) is 0 Å². The Balaban J connectivity index is 1.41.